The van der Waals surface area contributed by atoms with Crippen LogP contribution in [-0.2, 0) is 18.8 Å². The standard InChI is InChI=1S/C15H16ClN5O/c1-2-10-3-5-11(6-4-10)9-17-14-19-15-18-12(8-16)7-13(22)21(15)20-14/h3-7H,2,8-9H2,1H3,(H2,17,18,19,20). The Bertz CT molecular complexity index is 837. The molecular weight excluding hydrogens is 302 g/mol. The first-order chi connectivity index (χ1) is 10.7. The fourth-order valence-electron chi connectivity index (χ4n) is 2.15. The fourth-order valence-corrected chi connectivity index (χ4v) is 2.29. The van der Waals surface area contributed by atoms with Crippen molar-refractivity contribution < 1.29 is 0 Å². The van der Waals surface area contributed by atoms with E-state index in [-0.39, 0.29) is 11.4 Å². The maximum absolute atomic E-state index is 11.9. The number of benzene rings is 1. The summed E-state index contributed by atoms with van der Waals surface area (Å²) in [6.07, 6.45) is 1.02. The highest BCUT2D eigenvalue weighted by molar-refractivity contribution is 6.16. The number of H-pyrrole nitrogens is 1. The molecule has 22 heavy (non-hydrogen) atoms. The van der Waals surface area contributed by atoms with E-state index < -0.39 is 0 Å². The number of rotatable bonds is 5. The first-order valence-corrected chi connectivity index (χ1v) is 7.59. The minimum absolute atomic E-state index is 0.186. The SMILES string of the molecule is CCc1ccc(CNc2nc3nc(CCl)cc(=O)n3[nH]2)cc1. The third-order valence-electron chi connectivity index (χ3n) is 3.41. The number of fused-ring (bicyclic) bond motifs is 1. The van der Waals surface area contributed by atoms with Crippen molar-refractivity contribution >= 4 is 23.3 Å². The Morgan fingerprint density at radius 3 is 2.64 bits per heavy atom. The van der Waals surface area contributed by atoms with Crippen LogP contribution in [-0.4, -0.2) is 19.6 Å². The van der Waals surface area contributed by atoms with Crippen LogP contribution in [0, 0.1) is 0 Å². The molecule has 0 unspecified atom stereocenters. The summed E-state index contributed by atoms with van der Waals surface area (Å²) in [5, 5.41) is 6.04. The van der Waals surface area contributed by atoms with Gasteiger partial charge < -0.3 is 5.32 Å². The lowest BCUT2D eigenvalue weighted by Crippen LogP contribution is -2.15. The lowest BCUT2D eigenvalue weighted by Gasteiger charge is -2.03. The van der Waals surface area contributed by atoms with Gasteiger partial charge in [0.05, 0.1) is 11.6 Å². The highest BCUT2D eigenvalue weighted by Gasteiger charge is 2.07. The van der Waals surface area contributed by atoms with Crippen LogP contribution < -0.4 is 10.9 Å². The Morgan fingerprint density at radius 1 is 1.23 bits per heavy atom. The highest BCUT2D eigenvalue weighted by atomic mass is 35.5. The topological polar surface area (TPSA) is 75.1 Å². The molecule has 114 valence electrons. The van der Waals surface area contributed by atoms with Gasteiger partial charge >= 0.3 is 0 Å². The van der Waals surface area contributed by atoms with E-state index in [9.17, 15) is 4.79 Å². The van der Waals surface area contributed by atoms with E-state index in [2.05, 4.69) is 51.6 Å². The number of aromatic nitrogens is 4. The first kappa shape index (κ1) is 14.6. The van der Waals surface area contributed by atoms with Crippen LogP contribution in [0.4, 0.5) is 5.95 Å². The number of aryl methyl sites for hydroxylation is 1. The van der Waals surface area contributed by atoms with Crippen molar-refractivity contribution in [2.45, 2.75) is 25.8 Å². The van der Waals surface area contributed by atoms with Crippen LogP contribution in [0.3, 0.4) is 0 Å². The molecule has 0 aliphatic rings. The number of alkyl halides is 1. The smallest absolute Gasteiger partial charge is 0.274 e. The van der Waals surface area contributed by atoms with Gasteiger partial charge in [0, 0.05) is 12.6 Å². The van der Waals surface area contributed by atoms with Crippen LogP contribution in [0.5, 0.6) is 0 Å². The molecule has 1 aromatic carbocycles. The zero-order chi connectivity index (χ0) is 15.5. The maximum atomic E-state index is 11.9. The second-order valence-corrected chi connectivity index (χ2v) is 5.22. The van der Waals surface area contributed by atoms with Gasteiger partial charge in [-0.3, -0.25) is 9.89 Å². The lowest BCUT2D eigenvalue weighted by molar-refractivity contribution is 0.884. The summed E-state index contributed by atoms with van der Waals surface area (Å²) in [5.41, 5.74) is 2.73. The molecule has 0 aliphatic carbocycles. The highest BCUT2D eigenvalue weighted by Crippen LogP contribution is 2.08. The predicted octanol–water partition coefficient (Wildman–Crippen LogP) is 2.33. The molecule has 6 nitrogen and oxygen atoms in total. The van der Waals surface area contributed by atoms with E-state index in [0.29, 0.717) is 24.0 Å². The number of anilines is 1. The number of hydrogen-bond donors (Lipinski definition) is 2. The van der Waals surface area contributed by atoms with Gasteiger partial charge in [0.2, 0.25) is 5.95 Å². The van der Waals surface area contributed by atoms with Crippen LogP contribution in [0.15, 0.2) is 35.1 Å². The second-order valence-electron chi connectivity index (χ2n) is 4.95. The molecular formula is C15H16ClN5O. The Morgan fingerprint density at radius 2 is 1.95 bits per heavy atom. The van der Waals surface area contributed by atoms with E-state index in [1.165, 1.54) is 16.1 Å². The van der Waals surface area contributed by atoms with E-state index in [4.69, 9.17) is 11.6 Å². The van der Waals surface area contributed by atoms with Crippen LogP contribution in [0.2, 0.25) is 0 Å². The van der Waals surface area contributed by atoms with Gasteiger partial charge in [0.25, 0.3) is 11.3 Å². The van der Waals surface area contributed by atoms with Crippen molar-refractivity contribution in [1.82, 2.24) is 19.6 Å². The quantitative estimate of drug-likeness (QED) is 0.708. The van der Waals surface area contributed by atoms with Crippen LogP contribution >= 0.6 is 11.6 Å². The van der Waals surface area contributed by atoms with Gasteiger partial charge in [-0.05, 0) is 17.5 Å². The maximum Gasteiger partial charge on any atom is 0.274 e. The van der Waals surface area contributed by atoms with Crippen molar-refractivity contribution in [1.29, 1.82) is 0 Å². The molecule has 0 atom stereocenters. The number of halogens is 1. The molecule has 0 fully saturated rings. The molecule has 2 heterocycles. The molecule has 0 saturated carbocycles. The van der Waals surface area contributed by atoms with Crippen molar-refractivity contribution in [2.24, 2.45) is 0 Å². The summed E-state index contributed by atoms with van der Waals surface area (Å²) in [6.45, 7) is 2.74. The average molecular weight is 318 g/mol. The second kappa shape index (κ2) is 6.19. The van der Waals surface area contributed by atoms with Crippen molar-refractivity contribution in [3.8, 4) is 0 Å². The summed E-state index contributed by atoms with van der Waals surface area (Å²) in [5.74, 6) is 0.994. The first-order valence-electron chi connectivity index (χ1n) is 7.06. The minimum Gasteiger partial charge on any atom is -0.351 e. The summed E-state index contributed by atoms with van der Waals surface area (Å²) >= 11 is 5.71. The summed E-state index contributed by atoms with van der Waals surface area (Å²) in [7, 11) is 0. The largest absolute Gasteiger partial charge is 0.351 e. The van der Waals surface area contributed by atoms with Crippen molar-refractivity contribution in [3.63, 3.8) is 0 Å². The number of hydrogen-bond acceptors (Lipinski definition) is 4. The van der Waals surface area contributed by atoms with Crippen molar-refractivity contribution in [3.05, 3.63) is 57.5 Å². The Hall–Kier alpha value is -2.34. The molecule has 0 amide bonds. The zero-order valence-electron chi connectivity index (χ0n) is 12.1. The molecule has 2 N–H and O–H groups in total. The Labute approximate surface area is 132 Å². The third kappa shape index (κ3) is 2.96. The normalized spacial score (nSPS) is 11.0. The van der Waals surface area contributed by atoms with E-state index in [0.717, 1.165) is 12.0 Å². The summed E-state index contributed by atoms with van der Waals surface area (Å²) < 4.78 is 1.29. The molecule has 3 rings (SSSR count). The fraction of sp³-hybridized carbons (Fsp3) is 0.267. The van der Waals surface area contributed by atoms with Crippen LogP contribution in [0.25, 0.3) is 5.78 Å². The number of aromatic amines is 1. The van der Waals surface area contributed by atoms with E-state index in [1.807, 2.05) is 0 Å². The molecule has 0 saturated heterocycles. The molecule has 2 aromatic heterocycles. The predicted molar refractivity (Wildman–Crippen MR) is 86.3 cm³/mol. The summed E-state index contributed by atoms with van der Waals surface area (Å²) in [6, 6.07) is 9.75. The molecule has 0 bridgehead atoms. The van der Waals surface area contributed by atoms with Gasteiger partial charge in [-0.25, -0.2) is 4.98 Å². The van der Waals surface area contributed by atoms with Gasteiger partial charge in [0.15, 0.2) is 0 Å². The average Bonchev–Trinajstić information content (AvgIpc) is 2.97. The molecule has 3 aromatic rings. The van der Waals surface area contributed by atoms with Crippen molar-refractivity contribution in [2.75, 3.05) is 5.32 Å². The van der Waals surface area contributed by atoms with Gasteiger partial charge in [-0.15, -0.1) is 11.6 Å². The summed E-state index contributed by atoms with van der Waals surface area (Å²) in [4.78, 5) is 20.3. The van der Waals surface area contributed by atoms with Gasteiger partial charge in [-0.1, -0.05) is 31.2 Å². The lowest BCUT2D eigenvalue weighted by atomic mass is 10.1. The van der Waals surface area contributed by atoms with Gasteiger partial charge in [-0.2, -0.15) is 9.50 Å². The number of nitrogens with zero attached hydrogens (tertiary/aromatic N) is 3. The Balaban J connectivity index is 1.78. The number of nitrogens with one attached hydrogen (secondary N) is 2. The third-order valence-corrected chi connectivity index (χ3v) is 3.69. The van der Waals surface area contributed by atoms with Gasteiger partial charge in [0.1, 0.15) is 0 Å². The van der Waals surface area contributed by atoms with E-state index >= 15 is 0 Å². The molecule has 0 aliphatic heterocycles. The molecule has 0 radical (unpaired) electrons. The molecule has 0 spiro atoms. The monoisotopic (exact) mass is 317 g/mol. The minimum atomic E-state index is -0.228. The Kier molecular flexibility index (Phi) is 4.11. The molecule has 7 heteroatoms. The van der Waals surface area contributed by atoms with Crippen LogP contribution in [0.1, 0.15) is 23.7 Å². The zero-order valence-corrected chi connectivity index (χ0v) is 12.9. The van der Waals surface area contributed by atoms with E-state index in [1.54, 1.807) is 0 Å².